The maximum Gasteiger partial charge on any atom is 0.314 e. The fourth-order valence-corrected chi connectivity index (χ4v) is 1.70. The lowest BCUT2D eigenvalue weighted by atomic mass is 10.1. The van der Waals surface area contributed by atoms with Crippen molar-refractivity contribution in [3.8, 4) is 11.3 Å². The molecule has 0 aliphatic heterocycles. The number of benzene rings is 1. The van der Waals surface area contributed by atoms with Crippen LogP contribution in [-0.2, 0) is 0 Å². The third kappa shape index (κ3) is 2.14. The van der Waals surface area contributed by atoms with Gasteiger partial charge in [-0.2, -0.15) is 0 Å². The molecule has 0 radical (unpaired) electrons. The van der Waals surface area contributed by atoms with Crippen LogP contribution in [-0.4, -0.2) is 9.91 Å². The highest BCUT2D eigenvalue weighted by Gasteiger charge is 2.23. The van der Waals surface area contributed by atoms with E-state index in [4.69, 9.17) is 11.6 Å². The summed E-state index contributed by atoms with van der Waals surface area (Å²) in [6.45, 7) is 0. The first kappa shape index (κ1) is 12.4. The molecule has 0 unspecified atom stereocenters. The van der Waals surface area contributed by atoms with E-state index in [1.165, 1.54) is 12.3 Å². The molecule has 0 aliphatic rings. The topological polar surface area (TPSA) is 56.0 Å². The summed E-state index contributed by atoms with van der Waals surface area (Å²) in [5, 5.41) is 10.7. The molecule has 0 fully saturated rings. The van der Waals surface area contributed by atoms with Crippen LogP contribution in [0.2, 0.25) is 5.02 Å². The fourth-order valence-electron chi connectivity index (χ4n) is 1.48. The molecule has 1 aromatic carbocycles. The van der Waals surface area contributed by atoms with Crippen LogP contribution >= 0.6 is 11.6 Å². The van der Waals surface area contributed by atoms with Gasteiger partial charge in [0.15, 0.2) is 5.69 Å². The smallest absolute Gasteiger partial charge is 0.258 e. The zero-order valence-electron chi connectivity index (χ0n) is 8.73. The van der Waals surface area contributed by atoms with Crippen LogP contribution in [0.5, 0.6) is 0 Å². The summed E-state index contributed by atoms with van der Waals surface area (Å²) in [5.74, 6) is -1.53. The number of rotatable bonds is 2. The maximum absolute atomic E-state index is 13.6. The van der Waals surface area contributed by atoms with Crippen LogP contribution in [0.3, 0.4) is 0 Å². The molecule has 0 saturated carbocycles. The Morgan fingerprint density at radius 3 is 2.67 bits per heavy atom. The number of hydrogen-bond acceptors (Lipinski definition) is 3. The van der Waals surface area contributed by atoms with Gasteiger partial charge >= 0.3 is 5.69 Å². The minimum atomic E-state index is -0.811. The first-order chi connectivity index (χ1) is 8.50. The normalized spacial score (nSPS) is 10.4. The summed E-state index contributed by atoms with van der Waals surface area (Å²) in [6, 6.07) is 3.83. The van der Waals surface area contributed by atoms with E-state index >= 15 is 0 Å². The molecule has 18 heavy (non-hydrogen) atoms. The van der Waals surface area contributed by atoms with Crippen molar-refractivity contribution in [3.63, 3.8) is 0 Å². The Balaban J connectivity index is 2.75. The van der Waals surface area contributed by atoms with Gasteiger partial charge in [-0.1, -0.05) is 11.6 Å². The van der Waals surface area contributed by atoms with Gasteiger partial charge in [-0.05, 0) is 24.3 Å². The predicted molar refractivity (Wildman–Crippen MR) is 61.3 cm³/mol. The third-order valence-electron chi connectivity index (χ3n) is 2.24. The molecule has 7 heteroatoms. The van der Waals surface area contributed by atoms with Crippen LogP contribution in [0.1, 0.15) is 0 Å². The first-order valence-corrected chi connectivity index (χ1v) is 5.13. The van der Waals surface area contributed by atoms with Crippen molar-refractivity contribution in [3.05, 3.63) is 57.2 Å². The summed E-state index contributed by atoms with van der Waals surface area (Å²) in [4.78, 5) is 13.8. The summed E-state index contributed by atoms with van der Waals surface area (Å²) in [7, 11) is 0. The monoisotopic (exact) mass is 270 g/mol. The molecule has 0 bridgehead atoms. The number of nitrogens with zero attached hydrogens (tertiary/aromatic N) is 2. The SMILES string of the molecule is O=[N+]([O-])c1c(Cl)ccnc1-c1cc(F)ccc1F. The van der Waals surface area contributed by atoms with Gasteiger partial charge in [0.2, 0.25) is 0 Å². The molecule has 2 aromatic rings. The van der Waals surface area contributed by atoms with E-state index in [-0.39, 0.29) is 16.3 Å². The van der Waals surface area contributed by atoms with Gasteiger partial charge in [0.05, 0.1) is 4.92 Å². The highest BCUT2D eigenvalue weighted by atomic mass is 35.5. The molecule has 0 amide bonds. The predicted octanol–water partition coefficient (Wildman–Crippen LogP) is 3.59. The zero-order valence-corrected chi connectivity index (χ0v) is 9.49. The quantitative estimate of drug-likeness (QED) is 0.619. The molecule has 4 nitrogen and oxygen atoms in total. The van der Waals surface area contributed by atoms with Crippen LogP contribution in [0.15, 0.2) is 30.5 Å². The average Bonchev–Trinajstić information content (AvgIpc) is 2.31. The molecule has 1 aromatic heterocycles. The maximum atomic E-state index is 13.6. The minimum Gasteiger partial charge on any atom is -0.258 e. The number of pyridine rings is 1. The molecular weight excluding hydrogens is 266 g/mol. The van der Waals surface area contributed by atoms with Gasteiger partial charge in [0.25, 0.3) is 0 Å². The van der Waals surface area contributed by atoms with Crippen molar-refractivity contribution in [1.82, 2.24) is 4.98 Å². The second kappa shape index (κ2) is 4.66. The molecule has 2 rings (SSSR count). The lowest BCUT2D eigenvalue weighted by molar-refractivity contribution is -0.384. The molecule has 0 atom stereocenters. The highest BCUT2D eigenvalue weighted by molar-refractivity contribution is 6.33. The molecule has 1 heterocycles. The minimum absolute atomic E-state index is 0.186. The van der Waals surface area contributed by atoms with Crippen LogP contribution in [0.4, 0.5) is 14.5 Å². The van der Waals surface area contributed by atoms with Crippen molar-refractivity contribution in [2.24, 2.45) is 0 Å². The standard InChI is InChI=1S/C11H5ClF2N2O2/c12-8-3-4-15-10(11(8)16(17)18)7-5-6(13)1-2-9(7)14/h1-5H. The van der Waals surface area contributed by atoms with Crippen molar-refractivity contribution in [2.45, 2.75) is 0 Å². The van der Waals surface area contributed by atoms with Crippen LogP contribution < -0.4 is 0 Å². The van der Waals surface area contributed by atoms with E-state index in [9.17, 15) is 18.9 Å². The van der Waals surface area contributed by atoms with Gasteiger partial charge in [-0.3, -0.25) is 10.1 Å². The van der Waals surface area contributed by atoms with E-state index < -0.39 is 22.2 Å². The Morgan fingerprint density at radius 2 is 2.00 bits per heavy atom. The molecule has 92 valence electrons. The highest BCUT2D eigenvalue weighted by Crippen LogP contribution is 2.35. The van der Waals surface area contributed by atoms with E-state index in [0.29, 0.717) is 0 Å². The number of nitro groups is 1. The Hall–Kier alpha value is -2.08. The summed E-state index contributed by atoms with van der Waals surface area (Å²) in [5.41, 5.74) is -1.16. The lowest BCUT2D eigenvalue weighted by Gasteiger charge is -2.04. The molecule has 0 saturated heterocycles. The lowest BCUT2D eigenvalue weighted by Crippen LogP contribution is -1.97. The summed E-state index contributed by atoms with van der Waals surface area (Å²) >= 11 is 5.67. The summed E-state index contributed by atoms with van der Waals surface area (Å²) < 4.78 is 26.6. The Bertz CT molecular complexity index is 634. The van der Waals surface area contributed by atoms with Crippen molar-refractivity contribution in [1.29, 1.82) is 0 Å². The van der Waals surface area contributed by atoms with Crippen LogP contribution in [0, 0.1) is 21.7 Å². The summed E-state index contributed by atoms with van der Waals surface area (Å²) in [6.07, 6.45) is 1.19. The first-order valence-electron chi connectivity index (χ1n) is 4.75. The Kier molecular flexibility index (Phi) is 3.20. The molecular formula is C11H5ClF2N2O2. The zero-order chi connectivity index (χ0) is 13.3. The third-order valence-corrected chi connectivity index (χ3v) is 2.55. The van der Waals surface area contributed by atoms with E-state index in [2.05, 4.69) is 4.98 Å². The average molecular weight is 271 g/mol. The molecule has 0 aliphatic carbocycles. The van der Waals surface area contributed by atoms with E-state index in [1.807, 2.05) is 0 Å². The second-order valence-corrected chi connectivity index (χ2v) is 3.78. The number of halogens is 3. The largest absolute Gasteiger partial charge is 0.314 e. The Morgan fingerprint density at radius 1 is 1.28 bits per heavy atom. The van der Waals surface area contributed by atoms with Gasteiger partial charge in [0, 0.05) is 11.8 Å². The number of aromatic nitrogens is 1. The van der Waals surface area contributed by atoms with Gasteiger partial charge in [-0.15, -0.1) is 0 Å². The van der Waals surface area contributed by atoms with Gasteiger partial charge < -0.3 is 0 Å². The van der Waals surface area contributed by atoms with Crippen molar-refractivity contribution >= 4 is 17.3 Å². The van der Waals surface area contributed by atoms with Crippen LogP contribution in [0.25, 0.3) is 11.3 Å². The second-order valence-electron chi connectivity index (χ2n) is 3.37. The van der Waals surface area contributed by atoms with E-state index in [0.717, 1.165) is 18.2 Å². The van der Waals surface area contributed by atoms with Crippen molar-refractivity contribution in [2.75, 3.05) is 0 Å². The van der Waals surface area contributed by atoms with Gasteiger partial charge in [0.1, 0.15) is 16.7 Å². The molecule has 0 spiro atoms. The Labute approximate surface area is 105 Å². The van der Waals surface area contributed by atoms with E-state index in [1.54, 1.807) is 0 Å². The van der Waals surface area contributed by atoms with Crippen molar-refractivity contribution < 1.29 is 13.7 Å². The molecule has 0 N–H and O–H groups in total. The fraction of sp³-hybridized carbons (Fsp3) is 0. The van der Waals surface area contributed by atoms with Gasteiger partial charge in [-0.25, -0.2) is 13.8 Å². The number of hydrogen-bond donors (Lipinski definition) is 0.